The standard InChI is InChI=1S/Ba.Ca.Mn.6O.2Ti.Zr.4H/q;;;;;4*-1;;;+4;;;;. The van der Waals surface area contributed by atoms with Crippen molar-refractivity contribution in [3.05, 3.63) is 0 Å². The van der Waals surface area contributed by atoms with Gasteiger partial charge in [-0.05, 0) is 0 Å². The van der Waals surface area contributed by atoms with E-state index in [-0.39, 0.29) is 130 Å². The molecule has 0 bridgehead atoms. The van der Waals surface area contributed by atoms with Crippen LogP contribution in [0.2, 0.25) is 0 Å². The molecule has 0 aromatic carbocycles. The molecular formula is H4BaCaMnO6Ti2Zr. The van der Waals surface area contributed by atoms with E-state index < -0.39 is 37.2 Å². The number of hydrogen-bond acceptors (Lipinski definition) is 6. The van der Waals surface area contributed by atoms with Gasteiger partial charge in [0, 0.05) is 17.1 Å². The Bertz CT molecular complexity index is 83.5. The van der Waals surface area contributed by atoms with Crippen molar-refractivity contribution in [2.45, 2.75) is 0 Å². The van der Waals surface area contributed by atoms with Crippen LogP contribution in [-0.2, 0) is 87.2 Å². The fraction of sp³-hybridized carbons (Fsp3) is 0. The van der Waals surface area contributed by atoms with Gasteiger partial charge in [0.05, 0.1) is 0 Å². The van der Waals surface area contributed by atoms with E-state index in [1.54, 1.807) is 0 Å². The van der Waals surface area contributed by atoms with E-state index in [0.29, 0.717) is 0 Å². The molecule has 0 N–H and O–H groups in total. The summed E-state index contributed by atoms with van der Waals surface area (Å²) in [6.07, 6.45) is 0. The van der Waals surface area contributed by atoms with Crippen LogP contribution in [0.15, 0.2) is 0 Å². The molecule has 0 fully saturated rings. The van der Waals surface area contributed by atoms with Crippen LogP contribution in [-0.4, -0.2) is 86.6 Å². The molecule has 63 valence electrons. The minimum absolute atomic E-state index is 0. The monoisotopic (exact) mass is 519 g/mol. The average Bonchev–Trinajstić information content (AvgIpc) is 1.25. The average molecular weight is 519 g/mol. The van der Waals surface area contributed by atoms with Crippen LogP contribution in [0.5, 0.6) is 0 Å². The van der Waals surface area contributed by atoms with Crippen molar-refractivity contribution >= 4 is 86.6 Å². The maximum atomic E-state index is 8.58. The van der Waals surface area contributed by atoms with Crippen LogP contribution < -0.4 is 14.8 Å². The van der Waals surface area contributed by atoms with Gasteiger partial charge in [-0.2, -0.15) is 0 Å². The Kier molecular flexibility index (Phi) is 89.3. The van der Waals surface area contributed by atoms with E-state index in [1.165, 1.54) is 0 Å². The van der Waals surface area contributed by atoms with E-state index in [2.05, 4.69) is 0 Å². The summed E-state index contributed by atoms with van der Waals surface area (Å²) in [5.41, 5.74) is 0. The van der Waals surface area contributed by atoms with Gasteiger partial charge in [-0.15, -0.1) is 0 Å². The molecule has 12 heteroatoms. The second-order valence-electron chi connectivity index (χ2n) is 0.500. The molecule has 0 spiro atoms. The summed E-state index contributed by atoms with van der Waals surface area (Å²) in [4.78, 5) is 0. The van der Waals surface area contributed by atoms with Crippen LogP contribution in [0, 0.1) is 0 Å². The van der Waals surface area contributed by atoms with Crippen molar-refractivity contribution in [2.24, 2.45) is 0 Å². The fourth-order valence-corrected chi connectivity index (χ4v) is 0. The van der Waals surface area contributed by atoms with Gasteiger partial charge in [-0.1, -0.05) is 0 Å². The second-order valence-corrected chi connectivity index (χ2v) is 2.06. The molecule has 0 saturated carbocycles. The molecule has 0 rings (SSSR count). The van der Waals surface area contributed by atoms with Crippen molar-refractivity contribution < 1.29 is 102 Å². The molecule has 0 aromatic rings. The zero-order chi connectivity index (χ0) is 7.15. The third-order valence-corrected chi connectivity index (χ3v) is 0. The van der Waals surface area contributed by atoms with E-state index in [1.807, 2.05) is 0 Å². The van der Waals surface area contributed by atoms with Crippen LogP contribution in [0.4, 0.5) is 0 Å². The predicted molar refractivity (Wildman–Crippen MR) is 18.5 cm³/mol. The van der Waals surface area contributed by atoms with E-state index >= 15 is 0 Å². The van der Waals surface area contributed by atoms with Crippen molar-refractivity contribution in [3.8, 4) is 0 Å². The fourth-order valence-electron chi connectivity index (χ4n) is 0. The first-order valence-electron chi connectivity index (χ1n) is 1.22. The molecule has 1 radical (unpaired) electrons. The van der Waals surface area contributed by atoms with E-state index in [9.17, 15) is 0 Å². The first-order valence-corrected chi connectivity index (χ1v) is 5.05. The SMILES string of the molecule is [BaH2].[CaH2].[Mn].[O]=[Ti]([O-])[O-].[O]=[Ti]([O-])[O-].[Zr+4]. The van der Waals surface area contributed by atoms with Crippen molar-refractivity contribution in [2.75, 3.05) is 0 Å². The van der Waals surface area contributed by atoms with Gasteiger partial charge >= 0.3 is 171 Å². The normalized spacial score (nSPS) is 4.33. The molecule has 0 saturated heterocycles. The maximum absolute atomic E-state index is 8.58. The summed E-state index contributed by atoms with van der Waals surface area (Å²) in [5, 5.41) is 0. The molecule has 0 aliphatic carbocycles. The second kappa shape index (κ2) is 29.8. The van der Waals surface area contributed by atoms with Crippen molar-refractivity contribution in [3.63, 3.8) is 0 Å². The molecule has 0 amide bonds. The van der Waals surface area contributed by atoms with Crippen LogP contribution in [0.25, 0.3) is 0 Å². The molecule has 12 heavy (non-hydrogen) atoms. The first-order chi connectivity index (χ1) is 3.46. The topological polar surface area (TPSA) is 126 Å². The summed E-state index contributed by atoms with van der Waals surface area (Å²) in [6, 6.07) is 0. The smallest absolute Gasteiger partial charge is 4.00 e. The largest absolute Gasteiger partial charge is 4.00 e. The maximum Gasteiger partial charge on any atom is 4.00 e. The van der Waals surface area contributed by atoms with Crippen molar-refractivity contribution in [1.82, 2.24) is 0 Å². The van der Waals surface area contributed by atoms with E-state index in [0.717, 1.165) is 0 Å². The molecule has 0 heterocycles. The Labute approximate surface area is 183 Å². The molecule has 0 aromatic heterocycles. The Morgan fingerprint density at radius 3 is 0.833 bits per heavy atom. The Morgan fingerprint density at radius 2 is 0.833 bits per heavy atom. The summed E-state index contributed by atoms with van der Waals surface area (Å²) < 4.78 is 51.5. The quantitative estimate of drug-likeness (QED) is 0.293. The Balaban J connectivity index is -0.0000000112. The van der Waals surface area contributed by atoms with Crippen LogP contribution in [0.3, 0.4) is 0 Å². The summed E-state index contributed by atoms with van der Waals surface area (Å²) in [5.74, 6) is 0. The number of rotatable bonds is 0. The van der Waals surface area contributed by atoms with Crippen LogP contribution >= 0.6 is 0 Å². The summed E-state index contributed by atoms with van der Waals surface area (Å²) >= 11 is -8.17. The molecular weight excluding hydrogens is 515 g/mol. The van der Waals surface area contributed by atoms with Gasteiger partial charge in [-0.25, -0.2) is 0 Å². The minimum atomic E-state index is -4.08. The van der Waals surface area contributed by atoms with Gasteiger partial charge < -0.3 is 0 Å². The van der Waals surface area contributed by atoms with Gasteiger partial charge in [0.25, 0.3) is 0 Å². The van der Waals surface area contributed by atoms with Gasteiger partial charge in [0.15, 0.2) is 0 Å². The molecule has 6 nitrogen and oxygen atoms in total. The zero-order valence-electron chi connectivity index (χ0n) is 4.33. The third kappa shape index (κ3) is 115. The Morgan fingerprint density at radius 1 is 0.833 bits per heavy atom. The zero-order valence-corrected chi connectivity index (χ0v) is 11.1. The molecule has 0 aliphatic heterocycles. The number of hydrogen-bond donors (Lipinski definition) is 0. The Hall–Kier alpha value is 5.10. The first kappa shape index (κ1) is 36.0. The summed E-state index contributed by atoms with van der Waals surface area (Å²) in [7, 11) is 0. The molecule has 0 unspecified atom stereocenters. The predicted octanol–water partition coefficient (Wildman–Crippen LogP) is -6.84. The van der Waals surface area contributed by atoms with Gasteiger partial charge in [-0.3, -0.25) is 0 Å². The minimum Gasteiger partial charge on any atom is 4.00 e. The van der Waals surface area contributed by atoms with Gasteiger partial charge in [0.1, 0.15) is 0 Å². The van der Waals surface area contributed by atoms with E-state index in [4.69, 9.17) is 21.4 Å². The molecule has 0 aliphatic rings. The van der Waals surface area contributed by atoms with Crippen molar-refractivity contribution in [1.29, 1.82) is 0 Å². The third-order valence-electron chi connectivity index (χ3n) is 0. The van der Waals surface area contributed by atoms with Gasteiger partial charge in [0.2, 0.25) is 0 Å². The molecule has 0 atom stereocenters. The van der Waals surface area contributed by atoms with Crippen LogP contribution in [0.1, 0.15) is 0 Å². The summed E-state index contributed by atoms with van der Waals surface area (Å²) in [6.45, 7) is 0.